The summed E-state index contributed by atoms with van der Waals surface area (Å²) in [6.07, 6.45) is 0. The van der Waals surface area contributed by atoms with Crippen LogP contribution in [0.2, 0.25) is 0 Å². The Hall–Kier alpha value is 0.873. The smallest absolute Gasteiger partial charge is 0.744 e. The van der Waals surface area contributed by atoms with E-state index in [1.165, 1.54) is 0 Å². The van der Waals surface area contributed by atoms with Gasteiger partial charge >= 0.3 is 103 Å². The third kappa shape index (κ3) is 4.54. The third-order valence-electron chi connectivity index (χ3n) is 3.54. The van der Waals surface area contributed by atoms with Gasteiger partial charge in [-0.2, -0.15) is 0 Å². The van der Waals surface area contributed by atoms with E-state index < -0.39 is 47.2 Å². The first kappa shape index (κ1) is 24.9. The molecule has 0 unspecified atom stereocenters. The molecule has 0 aliphatic heterocycles. The van der Waals surface area contributed by atoms with Crippen LogP contribution >= 0.6 is 0 Å². The maximum atomic E-state index is 12.5. The molecule has 1 aliphatic rings. The van der Waals surface area contributed by atoms with Crippen molar-refractivity contribution in [3.63, 3.8) is 0 Å². The van der Waals surface area contributed by atoms with Crippen LogP contribution in [0.25, 0.3) is 0 Å². The zero-order valence-corrected chi connectivity index (χ0v) is 21.4. The average Bonchev–Trinajstić information content (AvgIpc) is 2.49. The SMILES string of the molecule is O=C1c2cc(S(=O)(=O)[O-])ccc2C(=O)c2c1cccc2S(=O)(=O)[O-].[K+].[K+]. The summed E-state index contributed by atoms with van der Waals surface area (Å²) in [5, 5.41) is 0. The van der Waals surface area contributed by atoms with Crippen molar-refractivity contribution in [2.24, 2.45) is 0 Å². The Morgan fingerprint density at radius 2 is 1.31 bits per heavy atom. The fourth-order valence-corrected chi connectivity index (χ4v) is 3.70. The molecule has 0 aromatic heterocycles. The molecular weight excluding hydrogens is 438 g/mol. The molecule has 0 atom stereocenters. The molecule has 1 aliphatic carbocycles. The van der Waals surface area contributed by atoms with Crippen LogP contribution in [0.5, 0.6) is 0 Å². The Bertz CT molecular complexity index is 1130. The quantitative estimate of drug-likeness (QED) is 0.280. The first-order valence-corrected chi connectivity index (χ1v) is 9.12. The molecule has 2 aromatic carbocycles. The molecule has 0 saturated heterocycles. The minimum Gasteiger partial charge on any atom is -0.744 e. The Morgan fingerprint density at radius 1 is 0.692 bits per heavy atom. The molecule has 0 fully saturated rings. The van der Waals surface area contributed by atoms with E-state index in [-0.39, 0.29) is 119 Å². The number of carbonyl (C=O) groups excluding carboxylic acids is 2. The standard InChI is InChI=1S/C14H8O8S2.2K/c15-13-9-2-1-3-11(24(20,21)22)12(9)14(16)8-5-4-7(6-10(8)13)23(17,18)19;;/h1-6H,(H,17,18,19)(H,20,21,22);;/q;2*+1/p-2. The van der Waals surface area contributed by atoms with Gasteiger partial charge in [-0.05, 0) is 24.3 Å². The molecule has 8 nitrogen and oxygen atoms in total. The number of fused-ring (bicyclic) bond motifs is 2. The van der Waals surface area contributed by atoms with Crippen LogP contribution in [0.1, 0.15) is 31.8 Å². The topological polar surface area (TPSA) is 149 Å². The van der Waals surface area contributed by atoms with Gasteiger partial charge in [-0.1, -0.05) is 12.1 Å². The fraction of sp³-hybridized carbons (Fsp3) is 0. The van der Waals surface area contributed by atoms with Gasteiger partial charge in [0.05, 0.1) is 15.4 Å². The van der Waals surface area contributed by atoms with Gasteiger partial charge < -0.3 is 9.11 Å². The monoisotopic (exact) mass is 444 g/mol. The summed E-state index contributed by atoms with van der Waals surface area (Å²) in [4.78, 5) is 23.4. The number of hydrogen-bond donors (Lipinski definition) is 0. The second kappa shape index (κ2) is 8.71. The van der Waals surface area contributed by atoms with Crippen LogP contribution in [-0.4, -0.2) is 37.5 Å². The van der Waals surface area contributed by atoms with E-state index in [4.69, 9.17) is 0 Å². The number of hydrogen-bond acceptors (Lipinski definition) is 8. The molecule has 12 heteroatoms. The van der Waals surface area contributed by atoms with Crippen molar-refractivity contribution < 1.29 is 138 Å². The molecule has 26 heavy (non-hydrogen) atoms. The Kier molecular flexibility index (Phi) is 8.34. The molecular formula is C14H6K2O8S2. The van der Waals surface area contributed by atoms with Gasteiger partial charge in [-0.15, -0.1) is 0 Å². The molecule has 0 spiro atoms. The Labute approximate surface area is 234 Å². The summed E-state index contributed by atoms with van der Waals surface area (Å²) in [7, 11) is -9.85. The van der Waals surface area contributed by atoms with Gasteiger partial charge in [0, 0.05) is 16.7 Å². The van der Waals surface area contributed by atoms with Crippen molar-refractivity contribution in [2.75, 3.05) is 0 Å². The van der Waals surface area contributed by atoms with Crippen molar-refractivity contribution >= 4 is 31.8 Å². The minimum absolute atomic E-state index is 0. The molecule has 124 valence electrons. The zero-order valence-electron chi connectivity index (χ0n) is 13.5. The normalized spacial score (nSPS) is 13.2. The van der Waals surface area contributed by atoms with Crippen molar-refractivity contribution in [1.82, 2.24) is 0 Å². The van der Waals surface area contributed by atoms with E-state index in [0.29, 0.717) is 0 Å². The summed E-state index contributed by atoms with van der Waals surface area (Å²) in [5.41, 5.74) is -1.52. The predicted octanol–water partition coefficient (Wildman–Crippen LogP) is -5.72. The molecule has 0 saturated carbocycles. The molecule has 2 aromatic rings. The minimum atomic E-state index is -5.00. The van der Waals surface area contributed by atoms with E-state index in [9.17, 15) is 35.5 Å². The van der Waals surface area contributed by atoms with Gasteiger partial charge in [-0.3, -0.25) is 9.59 Å². The van der Waals surface area contributed by atoms with E-state index in [2.05, 4.69) is 0 Å². The summed E-state index contributed by atoms with van der Waals surface area (Å²) in [6.45, 7) is 0. The maximum absolute atomic E-state index is 12.5. The number of carbonyl (C=O) groups is 2. The Balaban J connectivity index is 0.00000169. The van der Waals surface area contributed by atoms with Crippen LogP contribution in [0.3, 0.4) is 0 Å². The van der Waals surface area contributed by atoms with Crippen molar-refractivity contribution in [1.29, 1.82) is 0 Å². The zero-order chi connectivity index (χ0) is 17.9. The average molecular weight is 445 g/mol. The van der Waals surface area contributed by atoms with E-state index in [0.717, 1.165) is 36.4 Å². The van der Waals surface area contributed by atoms with E-state index >= 15 is 0 Å². The van der Waals surface area contributed by atoms with Gasteiger partial charge in [0.1, 0.15) is 20.2 Å². The van der Waals surface area contributed by atoms with E-state index in [1.807, 2.05) is 0 Å². The molecule has 0 amide bonds. The summed E-state index contributed by atoms with van der Waals surface area (Å²) in [6, 6.07) is 5.72. The molecule has 0 heterocycles. The second-order valence-electron chi connectivity index (χ2n) is 4.95. The second-order valence-corrected chi connectivity index (χ2v) is 7.68. The third-order valence-corrected chi connectivity index (χ3v) is 5.25. The van der Waals surface area contributed by atoms with Gasteiger partial charge in [0.2, 0.25) is 0 Å². The largest absolute Gasteiger partial charge is 1.00 e. The summed E-state index contributed by atoms with van der Waals surface area (Å²) >= 11 is 0. The fourth-order valence-electron chi connectivity index (χ4n) is 2.51. The van der Waals surface area contributed by atoms with Gasteiger partial charge in [0.15, 0.2) is 11.6 Å². The number of ketones is 2. The van der Waals surface area contributed by atoms with Gasteiger partial charge in [0.25, 0.3) is 0 Å². The molecule has 0 radical (unpaired) electrons. The van der Waals surface area contributed by atoms with Crippen molar-refractivity contribution in [2.45, 2.75) is 9.79 Å². The van der Waals surface area contributed by atoms with Crippen LogP contribution < -0.4 is 103 Å². The van der Waals surface area contributed by atoms with Crippen LogP contribution in [0.4, 0.5) is 0 Å². The molecule has 3 rings (SSSR count). The predicted molar refractivity (Wildman–Crippen MR) is 75.7 cm³/mol. The molecule has 0 N–H and O–H groups in total. The van der Waals surface area contributed by atoms with Crippen LogP contribution in [0, 0.1) is 0 Å². The van der Waals surface area contributed by atoms with Crippen molar-refractivity contribution in [3.05, 3.63) is 58.7 Å². The van der Waals surface area contributed by atoms with E-state index in [1.54, 1.807) is 0 Å². The number of rotatable bonds is 2. The summed E-state index contributed by atoms with van der Waals surface area (Å²) in [5.74, 6) is -1.76. The first-order chi connectivity index (χ1) is 11.0. The van der Waals surface area contributed by atoms with Crippen LogP contribution in [0.15, 0.2) is 46.2 Å². The number of benzene rings is 2. The maximum Gasteiger partial charge on any atom is 1.00 e. The first-order valence-electron chi connectivity index (χ1n) is 6.30. The van der Waals surface area contributed by atoms with Crippen molar-refractivity contribution in [3.8, 4) is 0 Å². The summed E-state index contributed by atoms with van der Waals surface area (Å²) < 4.78 is 67.1. The van der Waals surface area contributed by atoms with Gasteiger partial charge in [-0.25, -0.2) is 16.8 Å². The Morgan fingerprint density at radius 3 is 1.85 bits per heavy atom. The molecule has 0 bridgehead atoms. The van der Waals surface area contributed by atoms with Crippen LogP contribution in [-0.2, 0) is 20.2 Å².